The molecule has 2 aromatic heterocycles. The molecule has 0 saturated heterocycles. The van der Waals surface area contributed by atoms with Crippen LogP contribution in [0.3, 0.4) is 0 Å². The predicted molar refractivity (Wildman–Crippen MR) is 66.3 cm³/mol. The summed E-state index contributed by atoms with van der Waals surface area (Å²) in [6, 6.07) is 0. The van der Waals surface area contributed by atoms with E-state index in [1.165, 1.54) is 4.57 Å². The van der Waals surface area contributed by atoms with Gasteiger partial charge in [-0.25, -0.2) is 14.8 Å². The molecule has 18 heavy (non-hydrogen) atoms. The predicted octanol–water partition coefficient (Wildman–Crippen LogP) is 0.675. The van der Waals surface area contributed by atoms with Crippen LogP contribution in [0.5, 0.6) is 0 Å². The van der Waals surface area contributed by atoms with E-state index in [0.29, 0.717) is 11.6 Å². The summed E-state index contributed by atoms with van der Waals surface area (Å²) < 4.78 is 1.50. The molecule has 0 unspecified atom stereocenters. The molecule has 2 aromatic rings. The highest BCUT2D eigenvalue weighted by Gasteiger charge is 2.23. The molecule has 2 N–H and O–H groups in total. The van der Waals surface area contributed by atoms with Gasteiger partial charge < -0.3 is 5.11 Å². The first-order valence-electron chi connectivity index (χ1n) is 6.25. The van der Waals surface area contributed by atoms with Crippen LogP contribution in [0.4, 0.5) is 0 Å². The maximum Gasteiger partial charge on any atom is 0.327 e. The Morgan fingerprint density at radius 2 is 2.11 bits per heavy atom. The van der Waals surface area contributed by atoms with Crippen LogP contribution in [-0.2, 0) is 7.05 Å². The molecule has 0 aromatic carbocycles. The van der Waals surface area contributed by atoms with Gasteiger partial charge in [-0.15, -0.1) is 0 Å². The Labute approximate surface area is 104 Å². The van der Waals surface area contributed by atoms with Crippen molar-refractivity contribution in [2.45, 2.75) is 37.7 Å². The third-order valence-corrected chi connectivity index (χ3v) is 3.74. The monoisotopic (exact) mass is 248 g/mol. The molecule has 0 aliphatic heterocycles. The van der Waals surface area contributed by atoms with Gasteiger partial charge >= 0.3 is 5.69 Å². The van der Waals surface area contributed by atoms with Gasteiger partial charge in [-0.3, -0.25) is 9.55 Å². The van der Waals surface area contributed by atoms with Gasteiger partial charge in [0, 0.05) is 13.0 Å². The van der Waals surface area contributed by atoms with Crippen molar-refractivity contribution >= 4 is 11.2 Å². The van der Waals surface area contributed by atoms with Gasteiger partial charge in [0.25, 0.3) is 0 Å². The molecule has 6 nitrogen and oxygen atoms in total. The zero-order chi connectivity index (χ0) is 12.7. The fraction of sp³-hybridized carbons (Fsp3) is 0.583. The molecule has 0 radical (unpaired) electrons. The second-order valence-corrected chi connectivity index (χ2v) is 4.96. The van der Waals surface area contributed by atoms with Gasteiger partial charge in [0.05, 0.1) is 12.3 Å². The summed E-state index contributed by atoms with van der Waals surface area (Å²) in [5.74, 6) is 1.07. The van der Waals surface area contributed by atoms with Crippen LogP contribution in [0.15, 0.2) is 11.0 Å². The van der Waals surface area contributed by atoms with Crippen molar-refractivity contribution in [1.82, 2.24) is 19.5 Å². The molecular formula is C12H16N4O2. The highest BCUT2D eigenvalue weighted by molar-refractivity contribution is 5.69. The van der Waals surface area contributed by atoms with E-state index in [4.69, 9.17) is 0 Å². The normalized spacial score (nSPS) is 24.6. The lowest BCUT2D eigenvalue weighted by molar-refractivity contribution is 0.121. The van der Waals surface area contributed by atoms with E-state index < -0.39 is 0 Å². The maximum absolute atomic E-state index is 11.5. The minimum atomic E-state index is -0.179. The Kier molecular flexibility index (Phi) is 2.66. The number of hydrogen-bond acceptors (Lipinski definition) is 4. The number of hydrogen-bond donors (Lipinski definition) is 2. The number of rotatable bonds is 1. The van der Waals surface area contributed by atoms with Crippen molar-refractivity contribution < 1.29 is 5.11 Å². The van der Waals surface area contributed by atoms with E-state index in [2.05, 4.69) is 15.0 Å². The molecule has 6 heteroatoms. The first-order chi connectivity index (χ1) is 8.65. The smallest absolute Gasteiger partial charge is 0.327 e. The lowest BCUT2D eigenvalue weighted by atomic mass is 9.87. The van der Waals surface area contributed by atoms with Crippen LogP contribution in [0.25, 0.3) is 11.2 Å². The molecule has 96 valence electrons. The number of imidazole rings is 1. The molecule has 0 spiro atoms. The minimum absolute atomic E-state index is 0.171. The number of aryl methyl sites for hydroxylation is 1. The lowest BCUT2D eigenvalue weighted by Gasteiger charge is -2.23. The molecule has 0 bridgehead atoms. The SMILES string of the molecule is Cn1c(=O)[nH]c2nc(C3CCC(O)CC3)ncc21. The Morgan fingerprint density at radius 3 is 2.83 bits per heavy atom. The summed E-state index contributed by atoms with van der Waals surface area (Å²) in [6.45, 7) is 0. The summed E-state index contributed by atoms with van der Waals surface area (Å²) in [5, 5.41) is 9.49. The molecule has 1 saturated carbocycles. The highest BCUT2D eigenvalue weighted by atomic mass is 16.3. The zero-order valence-corrected chi connectivity index (χ0v) is 10.3. The summed E-state index contributed by atoms with van der Waals surface area (Å²) >= 11 is 0. The van der Waals surface area contributed by atoms with Gasteiger partial charge in [-0.05, 0) is 25.7 Å². The summed E-state index contributed by atoms with van der Waals surface area (Å²) in [5.41, 5.74) is 1.15. The van der Waals surface area contributed by atoms with E-state index in [0.717, 1.165) is 37.0 Å². The number of aliphatic hydroxyl groups excluding tert-OH is 1. The molecule has 2 heterocycles. The van der Waals surface area contributed by atoms with E-state index >= 15 is 0 Å². The van der Waals surface area contributed by atoms with E-state index in [1.54, 1.807) is 13.2 Å². The van der Waals surface area contributed by atoms with Crippen LogP contribution in [0.2, 0.25) is 0 Å². The van der Waals surface area contributed by atoms with Crippen molar-refractivity contribution in [3.05, 3.63) is 22.5 Å². The summed E-state index contributed by atoms with van der Waals surface area (Å²) in [7, 11) is 1.70. The van der Waals surface area contributed by atoms with Crippen molar-refractivity contribution in [2.75, 3.05) is 0 Å². The molecule has 0 amide bonds. The van der Waals surface area contributed by atoms with E-state index in [9.17, 15) is 9.90 Å². The fourth-order valence-corrected chi connectivity index (χ4v) is 2.55. The van der Waals surface area contributed by atoms with Crippen LogP contribution < -0.4 is 5.69 Å². The average molecular weight is 248 g/mol. The topological polar surface area (TPSA) is 83.8 Å². The second-order valence-electron chi connectivity index (χ2n) is 4.96. The highest BCUT2D eigenvalue weighted by Crippen LogP contribution is 2.31. The average Bonchev–Trinajstić information content (AvgIpc) is 2.65. The standard InChI is InChI=1S/C12H16N4O2/c1-16-9-6-13-10(14-11(9)15-12(16)18)7-2-4-8(17)5-3-7/h6-8,17H,2-5H2,1H3,(H,13,14,15,18). The Hall–Kier alpha value is -1.69. The number of fused-ring (bicyclic) bond motifs is 1. The lowest BCUT2D eigenvalue weighted by Crippen LogP contribution is -2.18. The zero-order valence-electron chi connectivity index (χ0n) is 10.3. The Balaban J connectivity index is 1.96. The van der Waals surface area contributed by atoms with Gasteiger partial charge in [0.1, 0.15) is 11.3 Å². The van der Waals surface area contributed by atoms with Crippen molar-refractivity contribution in [1.29, 1.82) is 0 Å². The Morgan fingerprint density at radius 1 is 1.39 bits per heavy atom. The summed E-state index contributed by atoms with van der Waals surface area (Å²) in [6.07, 6.45) is 4.93. The fourth-order valence-electron chi connectivity index (χ4n) is 2.55. The van der Waals surface area contributed by atoms with Crippen LogP contribution in [0, 0.1) is 0 Å². The number of aliphatic hydroxyl groups is 1. The first-order valence-corrected chi connectivity index (χ1v) is 6.25. The van der Waals surface area contributed by atoms with Gasteiger partial charge in [-0.1, -0.05) is 0 Å². The van der Waals surface area contributed by atoms with Crippen LogP contribution in [0.1, 0.15) is 37.4 Å². The number of nitrogens with one attached hydrogen (secondary N) is 1. The first kappa shape index (κ1) is 11.4. The number of H-pyrrole nitrogens is 1. The third kappa shape index (κ3) is 1.82. The molecule has 3 rings (SSSR count). The van der Waals surface area contributed by atoms with Crippen molar-refractivity contribution in [2.24, 2.45) is 7.05 Å². The number of aromatic nitrogens is 4. The maximum atomic E-state index is 11.5. The van der Waals surface area contributed by atoms with E-state index in [1.807, 2.05) is 0 Å². The van der Waals surface area contributed by atoms with Crippen molar-refractivity contribution in [3.8, 4) is 0 Å². The molecule has 0 atom stereocenters. The molecule has 1 aliphatic carbocycles. The quantitative estimate of drug-likeness (QED) is 0.777. The van der Waals surface area contributed by atoms with Crippen LogP contribution >= 0.6 is 0 Å². The van der Waals surface area contributed by atoms with Crippen molar-refractivity contribution in [3.63, 3.8) is 0 Å². The Bertz CT molecular complexity index is 623. The van der Waals surface area contributed by atoms with Gasteiger partial charge in [0.2, 0.25) is 0 Å². The van der Waals surface area contributed by atoms with Gasteiger partial charge in [-0.2, -0.15) is 0 Å². The molecule has 1 fully saturated rings. The summed E-state index contributed by atoms with van der Waals surface area (Å²) in [4.78, 5) is 23.0. The second kappa shape index (κ2) is 4.20. The molecule has 1 aliphatic rings. The third-order valence-electron chi connectivity index (χ3n) is 3.74. The van der Waals surface area contributed by atoms with E-state index in [-0.39, 0.29) is 11.8 Å². The largest absolute Gasteiger partial charge is 0.393 e. The molecular weight excluding hydrogens is 232 g/mol. The minimum Gasteiger partial charge on any atom is -0.393 e. The number of aromatic amines is 1. The van der Waals surface area contributed by atoms with Gasteiger partial charge in [0.15, 0.2) is 5.65 Å². The van der Waals surface area contributed by atoms with Crippen LogP contribution in [-0.4, -0.2) is 30.7 Å². The number of nitrogens with zero attached hydrogens (tertiary/aromatic N) is 3.